The third kappa shape index (κ3) is 2.18. The second-order valence-corrected chi connectivity index (χ2v) is 3.90. The van der Waals surface area contributed by atoms with Gasteiger partial charge in [-0.1, -0.05) is 0 Å². The molecule has 1 aliphatic rings. The molecule has 1 saturated heterocycles. The minimum absolute atomic E-state index is 0.0948. The van der Waals surface area contributed by atoms with E-state index >= 15 is 0 Å². The quantitative estimate of drug-likeness (QED) is 0.723. The molecular formula is C10H16N4O. The number of aromatic amines is 1. The smallest absolute Gasteiger partial charge is 0.290 e. The van der Waals surface area contributed by atoms with Gasteiger partial charge in [0.2, 0.25) is 0 Å². The maximum atomic E-state index is 11.5. The van der Waals surface area contributed by atoms with Crippen molar-refractivity contribution in [2.24, 2.45) is 5.92 Å². The Morgan fingerprint density at radius 2 is 2.60 bits per heavy atom. The topological polar surface area (TPSA) is 61.0 Å². The highest BCUT2D eigenvalue weighted by Crippen LogP contribution is 2.18. The first-order valence-corrected chi connectivity index (χ1v) is 5.24. The van der Waals surface area contributed by atoms with E-state index in [1.807, 2.05) is 7.05 Å². The van der Waals surface area contributed by atoms with Gasteiger partial charge in [0, 0.05) is 25.5 Å². The van der Waals surface area contributed by atoms with Crippen molar-refractivity contribution in [3.63, 3.8) is 0 Å². The Kier molecular flexibility index (Phi) is 3.01. The predicted molar refractivity (Wildman–Crippen MR) is 59.1 cm³/mol. The molecule has 0 aliphatic carbocycles. The Hall–Kier alpha value is -1.36. The van der Waals surface area contributed by atoms with E-state index < -0.39 is 0 Å². The third-order valence-corrected chi connectivity index (χ3v) is 2.77. The Bertz CT molecular complexity index is 376. The molecule has 0 radical (unpaired) electrons. The third-order valence-electron chi connectivity index (χ3n) is 2.77. The van der Waals surface area contributed by atoms with Gasteiger partial charge in [-0.3, -0.25) is 4.79 Å². The van der Waals surface area contributed by atoms with Crippen LogP contribution in [0, 0.1) is 5.92 Å². The highest BCUT2D eigenvalue weighted by Gasteiger charge is 2.24. The zero-order valence-corrected chi connectivity index (χ0v) is 8.86. The van der Waals surface area contributed by atoms with Gasteiger partial charge in [0.25, 0.3) is 5.56 Å². The summed E-state index contributed by atoms with van der Waals surface area (Å²) < 4.78 is 0. The molecule has 0 spiro atoms. The minimum Gasteiger partial charge on any atom is -0.352 e. The second-order valence-electron chi connectivity index (χ2n) is 3.90. The van der Waals surface area contributed by atoms with Crippen LogP contribution in [0.15, 0.2) is 17.2 Å². The first-order valence-electron chi connectivity index (χ1n) is 5.24. The van der Waals surface area contributed by atoms with Crippen molar-refractivity contribution in [3.05, 3.63) is 22.7 Å². The van der Waals surface area contributed by atoms with E-state index in [9.17, 15) is 4.79 Å². The fourth-order valence-corrected chi connectivity index (χ4v) is 2.05. The number of hydrogen-bond acceptors (Lipinski definition) is 4. The molecule has 2 heterocycles. The fourth-order valence-electron chi connectivity index (χ4n) is 2.05. The van der Waals surface area contributed by atoms with Crippen molar-refractivity contribution in [1.82, 2.24) is 15.3 Å². The second kappa shape index (κ2) is 4.44. The maximum Gasteiger partial charge on any atom is 0.290 e. The van der Waals surface area contributed by atoms with E-state index in [-0.39, 0.29) is 5.56 Å². The average Bonchev–Trinajstić information content (AvgIpc) is 2.68. The van der Waals surface area contributed by atoms with Crippen molar-refractivity contribution in [2.75, 3.05) is 31.6 Å². The predicted octanol–water partition coefficient (Wildman–Crippen LogP) is -0.184. The standard InChI is InChI=1S/C10H16N4O/c1-11-6-8-2-5-14(7-8)9-10(15)13-4-3-12-9/h3-4,8,11H,2,5-7H2,1H3,(H,13,15). The molecule has 1 atom stereocenters. The largest absolute Gasteiger partial charge is 0.352 e. The number of aromatic nitrogens is 2. The first-order chi connectivity index (χ1) is 7.31. The van der Waals surface area contributed by atoms with Crippen LogP contribution < -0.4 is 15.8 Å². The Morgan fingerprint density at radius 3 is 3.33 bits per heavy atom. The summed E-state index contributed by atoms with van der Waals surface area (Å²) in [7, 11) is 1.95. The van der Waals surface area contributed by atoms with Gasteiger partial charge in [0.15, 0.2) is 5.82 Å². The molecule has 1 unspecified atom stereocenters. The summed E-state index contributed by atoms with van der Waals surface area (Å²) in [5.41, 5.74) is -0.0948. The lowest BCUT2D eigenvalue weighted by atomic mass is 10.1. The van der Waals surface area contributed by atoms with Crippen molar-refractivity contribution in [3.8, 4) is 0 Å². The summed E-state index contributed by atoms with van der Waals surface area (Å²) >= 11 is 0. The Labute approximate surface area is 88.5 Å². The zero-order chi connectivity index (χ0) is 10.7. The van der Waals surface area contributed by atoms with Gasteiger partial charge >= 0.3 is 0 Å². The van der Waals surface area contributed by atoms with Gasteiger partial charge in [0.1, 0.15) is 0 Å². The van der Waals surface area contributed by atoms with E-state index in [2.05, 4.69) is 20.2 Å². The minimum atomic E-state index is -0.0948. The summed E-state index contributed by atoms with van der Waals surface area (Å²) in [5, 5.41) is 3.16. The summed E-state index contributed by atoms with van der Waals surface area (Å²) in [6.07, 6.45) is 4.31. The van der Waals surface area contributed by atoms with Crippen LogP contribution in [0.4, 0.5) is 5.82 Å². The van der Waals surface area contributed by atoms with Crippen molar-refractivity contribution < 1.29 is 0 Å². The van der Waals surface area contributed by atoms with E-state index in [0.29, 0.717) is 11.7 Å². The van der Waals surface area contributed by atoms with Crippen LogP contribution in [0.3, 0.4) is 0 Å². The summed E-state index contributed by atoms with van der Waals surface area (Å²) in [6.45, 7) is 2.84. The number of rotatable bonds is 3. The first kappa shape index (κ1) is 10.2. The van der Waals surface area contributed by atoms with Crippen LogP contribution in [0.25, 0.3) is 0 Å². The van der Waals surface area contributed by atoms with Gasteiger partial charge in [-0.15, -0.1) is 0 Å². The van der Waals surface area contributed by atoms with Crippen LogP contribution in [-0.4, -0.2) is 36.6 Å². The zero-order valence-electron chi connectivity index (χ0n) is 8.86. The van der Waals surface area contributed by atoms with Crippen molar-refractivity contribution >= 4 is 5.82 Å². The van der Waals surface area contributed by atoms with E-state index in [4.69, 9.17) is 0 Å². The van der Waals surface area contributed by atoms with Crippen LogP contribution >= 0.6 is 0 Å². The molecular weight excluding hydrogens is 192 g/mol. The van der Waals surface area contributed by atoms with Crippen molar-refractivity contribution in [1.29, 1.82) is 0 Å². The number of nitrogens with one attached hydrogen (secondary N) is 2. The van der Waals surface area contributed by atoms with Gasteiger partial charge in [0.05, 0.1) is 0 Å². The average molecular weight is 208 g/mol. The molecule has 15 heavy (non-hydrogen) atoms. The molecule has 2 N–H and O–H groups in total. The van der Waals surface area contributed by atoms with Crippen molar-refractivity contribution in [2.45, 2.75) is 6.42 Å². The van der Waals surface area contributed by atoms with E-state index in [1.165, 1.54) is 0 Å². The van der Waals surface area contributed by atoms with Crippen LogP contribution in [-0.2, 0) is 0 Å². The summed E-state index contributed by atoms with van der Waals surface area (Å²) in [6, 6.07) is 0. The number of hydrogen-bond donors (Lipinski definition) is 2. The van der Waals surface area contributed by atoms with Crippen LogP contribution in [0.1, 0.15) is 6.42 Å². The molecule has 0 aromatic carbocycles. The van der Waals surface area contributed by atoms with Crippen LogP contribution in [0.2, 0.25) is 0 Å². The lowest BCUT2D eigenvalue weighted by molar-refractivity contribution is 0.548. The van der Waals surface area contributed by atoms with Gasteiger partial charge < -0.3 is 15.2 Å². The fraction of sp³-hybridized carbons (Fsp3) is 0.600. The maximum absolute atomic E-state index is 11.5. The van der Waals surface area contributed by atoms with Gasteiger partial charge in [-0.25, -0.2) is 4.98 Å². The molecule has 1 aliphatic heterocycles. The Morgan fingerprint density at radius 1 is 1.73 bits per heavy atom. The molecule has 0 bridgehead atoms. The summed E-state index contributed by atoms with van der Waals surface area (Å²) in [5.74, 6) is 1.17. The molecule has 2 rings (SSSR count). The Balaban J connectivity index is 2.08. The molecule has 1 fully saturated rings. The lowest BCUT2D eigenvalue weighted by Gasteiger charge is -2.15. The van der Waals surface area contributed by atoms with Gasteiger partial charge in [-0.2, -0.15) is 0 Å². The molecule has 0 saturated carbocycles. The van der Waals surface area contributed by atoms with Gasteiger partial charge in [-0.05, 0) is 25.9 Å². The molecule has 0 amide bonds. The number of anilines is 1. The highest BCUT2D eigenvalue weighted by molar-refractivity contribution is 5.36. The van der Waals surface area contributed by atoms with Crippen LogP contribution in [0.5, 0.6) is 0 Å². The number of nitrogens with zero attached hydrogens (tertiary/aromatic N) is 2. The monoisotopic (exact) mass is 208 g/mol. The highest BCUT2D eigenvalue weighted by atomic mass is 16.1. The van der Waals surface area contributed by atoms with E-state index in [1.54, 1.807) is 12.4 Å². The molecule has 5 nitrogen and oxygen atoms in total. The number of H-pyrrole nitrogens is 1. The molecule has 5 heteroatoms. The lowest BCUT2D eigenvalue weighted by Crippen LogP contribution is -2.29. The molecule has 1 aromatic heterocycles. The SMILES string of the molecule is CNCC1CCN(c2ncc[nH]c2=O)C1. The van der Waals surface area contributed by atoms with E-state index in [0.717, 1.165) is 26.1 Å². The molecule has 1 aromatic rings. The summed E-state index contributed by atoms with van der Waals surface area (Å²) in [4.78, 5) is 20.3. The normalized spacial score (nSPS) is 20.9. The molecule has 82 valence electrons.